The molecule has 6 rings (SSSR count). The SMILES string of the molecule is Cc1cc(-n2c(C[C@@H]3CCN(C(=O)C4CC4)C3)n[nH]c2=O)c(F)cc1-c1ccc2cccnc2c1. The number of likely N-dealkylation sites (tertiary alicyclic amines) is 1. The summed E-state index contributed by atoms with van der Waals surface area (Å²) in [5.74, 6) is 0.634. The van der Waals surface area contributed by atoms with Gasteiger partial charge in [-0.1, -0.05) is 18.2 Å². The number of amides is 1. The molecule has 1 atom stereocenters. The Morgan fingerprint density at radius 1 is 1.17 bits per heavy atom. The van der Waals surface area contributed by atoms with Crippen LogP contribution in [-0.2, 0) is 11.2 Å². The fourth-order valence-electron chi connectivity index (χ4n) is 5.14. The molecular formula is C27H26FN5O2. The van der Waals surface area contributed by atoms with E-state index in [9.17, 15) is 9.59 Å². The summed E-state index contributed by atoms with van der Waals surface area (Å²) in [6.07, 6.45) is 5.08. The third kappa shape index (κ3) is 4.03. The fourth-order valence-corrected chi connectivity index (χ4v) is 5.14. The number of carbonyl (C=O) groups excluding carboxylic acids is 1. The van der Waals surface area contributed by atoms with Crippen LogP contribution in [0.2, 0.25) is 0 Å². The van der Waals surface area contributed by atoms with Crippen molar-refractivity contribution in [1.29, 1.82) is 0 Å². The molecule has 2 aromatic heterocycles. The van der Waals surface area contributed by atoms with Gasteiger partial charge in [0.15, 0.2) is 0 Å². The first kappa shape index (κ1) is 21.7. The molecule has 1 N–H and O–H groups in total. The average Bonchev–Trinajstić information content (AvgIpc) is 3.51. The maximum atomic E-state index is 15.5. The van der Waals surface area contributed by atoms with Crippen molar-refractivity contribution in [3.8, 4) is 16.8 Å². The van der Waals surface area contributed by atoms with Crippen molar-refractivity contribution in [2.45, 2.75) is 32.6 Å². The van der Waals surface area contributed by atoms with E-state index in [0.717, 1.165) is 53.4 Å². The zero-order valence-electron chi connectivity index (χ0n) is 19.5. The summed E-state index contributed by atoms with van der Waals surface area (Å²) in [5.41, 5.74) is 3.02. The number of rotatable bonds is 5. The molecular weight excluding hydrogens is 445 g/mol. The topological polar surface area (TPSA) is 83.9 Å². The molecule has 2 aliphatic rings. The summed E-state index contributed by atoms with van der Waals surface area (Å²) in [6.45, 7) is 3.30. The minimum Gasteiger partial charge on any atom is -0.342 e. The Labute approximate surface area is 201 Å². The molecule has 1 aliphatic heterocycles. The lowest BCUT2D eigenvalue weighted by Gasteiger charge is -2.16. The normalized spacial score (nSPS) is 17.9. The van der Waals surface area contributed by atoms with E-state index in [1.165, 1.54) is 10.6 Å². The van der Waals surface area contributed by atoms with Crippen molar-refractivity contribution in [2.75, 3.05) is 13.1 Å². The third-order valence-electron chi connectivity index (χ3n) is 7.19. The Balaban J connectivity index is 1.29. The highest BCUT2D eigenvalue weighted by atomic mass is 19.1. The second kappa shape index (κ2) is 8.45. The summed E-state index contributed by atoms with van der Waals surface area (Å²) in [6, 6.07) is 12.9. The summed E-state index contributed by atoms with van der Waals surface area (Å²) in [4.78, 5) is 31.4. The van der Waals surface area contributed by atoms with Crippen molar-refractivity contribution in [3.63, 3.8) is 0 Å². The number of nitrogens with one attached hydrogen (secondary N) is 1. The number of nitrogens with zero attached hydrogens (tertiary/aromatic N) is 4. The van der Waals surface area contributed by atoms with Gasteiger partial charge in [-0.25, -0.2) is 18.9 Å². The summed E-state index contributed by atoms with van der Waals surface area (Å²) in [5, 5.41) is 7.71. The highest BCUT2D eigenvalue weighted by Gasteiger charge is 2.37. The first-order valence-corrected chi connectivity index (χ1v) is 12.1. The second-order valence-electron chi connectivity index (χ2n) is 9.73. The number of aromatic nitrogens is 4. The van der Waals surface area contributed by atoms with Gasteiger partial charge in [0.1, 0.15) is 11.6 Å². The molecule has 1 amide bonds. The first-order chi connectivity index (χ1) is 17.0. The summed E-state index contributed by atoms with van der Waals surface area (Å²) in [7, 11) is 0. The Morgan fingerprint density at radius 2 is 2.03 bits per heavy atom. The van der Waals surface area contributed by atoms with Crippen LogP contribution in [0.25, 0.3) is 27.7 Å². The summed E-state index contributed by atoms with van der Waals surface area (Å²) >= 11 is 0. The minimum absolute atomic E-state index is 0.183. The molecule has 1 saturated carbocycles. The number of pyridine rings is 1. The molecule has 0 unspecified atom stereocenters. The van der Waals surface area contributed by atoms with Gasteiger partial charge in [-0.15, -0.1) is 0 Å². The van der Waals surface area contributed by atoms with E-state index in [4.69, 9.17) is 0 Å². The standard InChI is InChI=1S/C27H26FN5O2/c1-16-11-24(22(28)14-21(16)20-7-4-18-3-2-9-29-23(18)13-20)33-25(30-31-27(33)35)12-17-8-10-32(15-17)26(34)19-5-6-19/h2-4,7,9,11,13-14,17,19H,5-6,8,10,12,15H2,1H3,(H,31,35)/t17-/m0/s1. The first-order valence-electron chi connectivity index (χ1n) is 12.1. The molecule has 2 fully saturated rings. The smallest absolute Gasteiger partial charge is 0.342 e. The predicted molar refractivity (Wildman–Crippen MR) is 131 cm³/mol. The monoisotopic (exact) mass is 471 g/mol. The number of H-pyrrole nitrogens is 1. The van der Waals surface area contributed by atoms with Crippen LogP contribution in [0.1, 0.15) is 30.7 Å². The van der Waals surface area contributed by atoms with Crippen LogP contribution in [0.5, 0.6) is 0 Å². The Morgan fingerprint density at radius 3 is 2.86 bits per heavy atom. The number of benzene rings is 2. The third-order valence-corrected chi connectivity index (χ3v) is 7.19. The fraction of sp³-hybridized carbons (Fsp3) is 0.333. The molecule has 35 heavy (non-hydrogen) atoms. The highest BCUT2D eigenvalue weighted by molar-refractivity contribution is 5.85. The van der Waals surface area contributed by atoms with Crippen molar-refractivity contribution in [3.05, 3.63) is 76.4 Å². The second-order valence-corrected chi connectivity index (χ2v) is 9.73. The zero-order valence-corrected chi connectivity index (χ0v) is 19.5. The average molecular weight is 472 g/mol. The lowest BCUT2D eigenvalue weighted by atomic mass is 9.98. The largest absolute Gasteiger partial charge is 0.348 e. The maximum absolute atomic E-state index is 15.5. The van der Waals surface area contributed by atoms with Crippen LogP contribution in [-0.4, -0.2) is 43.6 Å². The number of hydrogen-bond acceptors (Lipinski definition) is 4. The van der Waals surface area contributed by atoms with Gasteiger partial charge >= 0.3 is 5.69 Å². The van der Waals surface area contributed by atoms with Gasteiger partial charge in [0.25, 0.3) is 0 Å². The molecule has 0 spiro atoms. The van der Waals surface area contributed by atoms with E-state index in [0.29, 0.717) is 18.8 Å². The molecule has 8 heteroatoms. The Hall–Kier alpha value is -3.81. The van der Waals surface area contributed by atoms with E-state index in [1.54, 1.807) is 12.3 Å². The van der Waals surface area contributed by atoms with Crippen molar-refractivity contribution < 1.29 is 9.18 Å². The Bertz CT molecular complexity index is 1500. The van der Waals surface area contributed by atoms with E-state index < -0.39 is 11.5 Å². The van der Waals surface area contributed by atoms with Gasteiger partial charge in [0, 0.05) is 37.0 Å². The zero-order chi connectivity index (χ0) is 24.1. The van der Waals surface area contributed by atoms with Gasteiger partial charge < -0.3 is 4.90 Å². The van der Waals surface area contributed by atoms with Gasteiger partial charge in [0.2, 0.25) is 5.91 Å². The highest BCUT2D eigenvalue weighted by Crippen LogP contribution is 2.34. The van der Waals surface area contributed by atoms with E-state index in [1.807, 2.05) is 42.2 Å². The van der Waals surface area contributed by atoms with E-state index >= 15 is 4.39 Å². The minimum atomic E-state index is -0.492. The van der Waals surface area contributed by atoms with Crippen molar-refractivity contribution in [2.24, 2.45) is 11.8 Å². The van der Waals surface area contributed by atoms with Crippen LogP contribution < -0.4 is 5.69 Å². The number of halogens is 1. The molecule has 1 aliphatic carbocycles. The number of aryl methyl sites for hydroxylation is 1. The van der Waals surface area contributed by atoms with Crippen molar-refractivity contribution in [1.82, 2.24) is 24.6 Å². The lowest BCUT2D eigenvalue weighted by molar-refractivity contribution is -0.131. The number of fused-ring (bicyclic) bond motifs is 1. The van der Waals surface area contributed by atoms with Gasteiger partial charge in [-0.2, -0.15) is 5.10 Å². The van der Waals surface area contributed by atoms with E-state index in [-0.39, 0.29) is 23.4 Å². The quantitative estimate of drug-likeness (QED) is 0.477. The van der Waals surface area contributed by atoms with Crippen LogP contribution >= 0.6 is 0 Å². The molecule has 178 valence electrons. The molecule has 1 saturated heterocycles. The van der Waals surface area contributed by atoms with Crippen LogP contribution in [0.15, 0.2) is 53.5 Å². The Kier molecular flexibility index (Phi) is 5.24. The molecule has 0 bridgehead atoms. The van der Waals surface area contributed by atoms with Crippen LogP contribution in [0, 0.1) is 24.6 Å². The van der Waals surface area contributed by atoms with Gasteiger partial charge in [0.05, 0.1) is 11.2 Å². The molecule has 2 aromatic carbocycles. The molecule has 3 heterocycles. The van der Waals surface area contributed by atoms with E-state index in [2.05, 4.69) is 15.2 Å². The maximum Gasteiger partial charge on any atom is 0.348 e. The summed E-state index contributed by atoms with van der Waals surface area (Å²) < 4.78 is 16.8. The molecule has 4 aromatic rings. The van der Waals surface area contributed by atoms with Gasteiger partial charge in [-0.05, 0) is 73.1 Å². The predicted octanol–water partition coefficient (Wildman–Crippen LogP) is 4.02. The number of hydrogen-bond donors (Lipinski definition) is 1. The van der Waals surface area contributed by atoms with Gasteiger partial charge in [-0.3, -0.25) is 9.78 Å². The molecule has 0 radical (unpaired) electrons. The van der Waals surface area contributed by atoms with Crippen molar-refractivity contribution >= 4 is 16.8 Å². The number of carbonyl (C=O) groups is 1. The van der Waals surface area contributed by atoms with Crippen LogP contribution in [0.4, 0.5) is 4.39 Å². The number of aromatic amines is 1. The molecule has 7 nitrogen and oxygen atoms in total. The lowest BCUT2D eigenvalue weighted by Crippen LogP contribution is -2.30. The van der Waals surface area contributed by atoms with Crippen LogP contribution in [0.3, 0.4) is 0 Å².